The predicted molar refractivity (Wildman–Crippen MR) is 85.3 cm³/mol. The van der Waals surface area contributed by atoms with Crippen LogP contribution >= 0.6 is 23.5 Å². The van der Waals surface area contributed by atoms with Gasteiger partial charge in [0.25, 0.3) is 0 Å². The minimum absolute atomic E-state index is 0.0734. The van der Waals surface area contributed by atoms with Crippen LogP contribution in [-0.2, 0) is 4.74 Å². The largest absolute Gasteiger partial charge is 0.389 e. The average Bonchev–Trinajstić information content (AvgIpc) is 3.02. The summed E-state index contributed by atoms with van der Waals surface area (Å²) in [6.45, 7) is 0. The van der Waals surface area contributed by atoms with Gasteiger partial charge < -0.3 is 15.6 Å². The summed E-state index contributed by atoms with van der Waals surface area (Å²) in [6, 6.07) is 0. The molecule has 2 aromatic rings. The Labute approximate surface area is 130 Å². The van der Waals surface area contributed by atoms with Crippen molar-refractivity contribution in [3.8, 4) is 0 Å². The van der Waals surface area contributed by atoms with E-state index in [4.69, 9.17) is 10.5 Å². The number of hydrogen-bond acceptors (Lipinski definition) is 8. The molecule has 0 bridgehead atoms. The van der Waals surface area contributed by atoms with Crippen LogP contribution in [0.4, 0.5) is 5.82 Å². The number of nitrogens with zero attached hydrogens (tertiary/aromatic N) is 4. The number of aliphatic hydroxyl groups excluding tert-OH is 1. The zero-order valence-electron chi connectivity index (χ0n) is 11.7. The van der Waals surface area contributed by atoms with E-state index in [-0.39, 0.29) is 17.6 Å². The summed E-state index contributed by atoms with van der Waals surface area (Å²) < 4.78 is 7.87. The molecule has 0 radical (unpaired) electrons. The van der Waals surface area contributed by atoms with Crippen molar-refractivity contribution in [1.29, 1.82) is 0 Å². The first-order valence-corrected chi connectivity index (χ1v) is 9.13. The zero-order valence-corrected chi connectivity index (χ0v) is 13.3. The molecule has 1 saturated heterocycles. The van der Waals surface area contributed by atoms with Crippen LogP contribution in [0.1, 0.15) is 6.23 Å². The molecular formula is C12H17N5O2S2. The van der Waals surface area contributed by atoms with Crippen LogP contribution in [0.15, 0.2) is 12.7 Å². The Balaban J connectivity index is 1.99. The molecule has 3 rings (SSSR count). The number of nitrogen functional groups attached to an aromatic ring is 1. The number of thioether (sulfide) groups is 2. The highest BCUT2D eigenvalue weighted by molar-refractivity contribution is 7.99. The van der Waals surface area contributed by atoms with Gasteiger partial charge in [-0.3, -0.25) is 4.57 Å². The van der Waals surface area contributed by atoms with Gasteiger partial charge in [-0.1, -0.05) is 0 Å². The second-order valence-corrected chi connectivity index (χ2v) is 6.72. The number of aliphatic hydroxyl groups is 1. The lowest BCUT2D eigenvalue weighted by Crippen LogP contribution is -2.30. The molecule has 1 fully saturated rings. The molecule has 0 saturated carbocycles. The lowest BCUT2D eigenvalue weighted by atomic mass is 10.2. The number of rotatable bonds is 4. The second-order valence-electron chi connectivity index (χ2n) is 4.79. The van der Waals surface area contributed by atoms with Crippen LogP contribution in [0.25, 0.3) is 11.2 Å². The summed E-state index contributed by atoms with van der Waals surface area (Å²) in [7, 11) is 0. The van der Waals surface area contributed by atoms with E-state index < -0.39 is 6.10 Å². The third kappa shape index (κ3) is 2.48. The van der Waals surface area contributed by atoms with Crippen LogP contribution in [0.3, 0.4) is 0 Å². The topological polar surface area (TPSA) is 99.1 Å². The maximum Gasteiger partial charge on any atom is 0.167 e. The lowest BCUT2D eigenvalue weighted by molar-refractivity contribution is -0.00330. The fourth-order valence-electron chi connectivity index (χ4n) is 2.56. The Morgan fingerprint density at radius 2 is 2.19 bits per heavy atom. The number of nitrogens with two attached hydrogens (primary N) is 1. The van der Waals surface area contributed by atoms with Crippen LogP contribution in [-0.4, -0.2) is 60.3 Å². The van der Waals surface area contributed by atoms with E-state index in [1.165, 1.54) is 6.33 Å². The van der Waals surface area contributed by atoms with Crippen molar-refractivity contribution in [3.05, 3.63) is 12.7 Å². The van der Waals surface area contributed by atoms with Crippen molar-refractivity contribution < 1.29 is 9.84 Å². The predicted octanol–water partition coefficient (Wildman–Crippen LogP) is 0.761. The van der Waals surface area contributed by atoms with Gasteiger partial charge in [-0.05, 0) is 12.5 Å². The minimum atomic E-state index is -0.519. The van der Waals surface area contributed by atoms with Crippen molar-refractivity contribution >= 4 is 40.5 Å². The van der Waals surface area contributed by atoms with E-state index in [0.717, 1.165) is 5.75 Å². The molecule has 3 heterocycles. The maximum atomic E-state index is 10.4. The van der Waals surface area contributed by atoms with E-state index in [9.17, 15) is 5.11 Å². The summed E-state index contributed by atoms with van der Waals surface area (Å²) in [4.78, 5) is 12.4. The van der Waals surface area contributed by atoms with Gasteiger partial charge in [0.2, 0.25) is 0 Å². The van der Waals surface area contributed by atoms with Gasteiger partial charge in [0.05, 0.1) is 23.8 Å². The molecule has 9 heteroatoms. The number of imidazole rings is 1. The highest BCUT2D eigenvalue weighted by Crippen LogP contribution is 2.38. The zero-order chi connectivity index (χ0) is 15.0. The summed E-state index contributed by atoms with van der Waals surface area (Å²) in [5, 5.41) is 10.4. The average molecular weight is 327 g/mol. The Hall–Kier alpha value is -1.03. The van der Waals surface area contributed by atoms with Crippen molar-refractivity contribution in [3.63, 3.8) is 0 Å². The van der Waals surface area contributed by atoms with Crippen molar-refractivity contribution in [2.75, 3.05) is 24.0 Å². The van der Waals surface area contributed by atoms with E-state index >= 15 is 0 Å². The van der Waals surface area contributed by atoms with Crippen LogP contribution < -0.4 is 5.73 Å². The number of anilines is 1. The van der Waals surface area contributed by atoms with Gasteiger partial charge in [0.15, 0.2) is 17.7 Å². The fourth-order valence-corrected chi connectivity index (χ4v) is 4.04. The summed E-state index contributed by atoms with van der Waals surface area (Å²) in [5.41, 5.74) is 7.00. The summed E-state index contributed by atoms with van der Waals surface area (Å²) >= 11 is 3.24. The molecule has 0 spiro atoms. The van der Waals surface area contributed by atoms with E-state index in [1.54, 1.807) is 29.9 Å². The molecule has 1 aliphatic rings. The Bertz CT molecular complexity index is 637. The Morgan fingerprint density at radius 3 is 2.90 bits per heavy atom. The number of ether oxygens (including phenoxy) is 1. The lowest BCUT2D eigenvalue weighted by Gasteiger charge is -2.19. The van der Waals surface area contributed by atoms with E-state index in [0.29, 0.717) is 17.0 Å². The molecule has 4 atom stereocenters. The van der Waals surface area contributed by atoms with Gasteiger partial charge in [0, 0.05) is 5.75 Å². The first-order chi connectivity index (χ1) is 10.2. The molecule has 1 aliphatic heterocycles. The fraction of sp³-hybridized carbons (Fsp3) is 0.583. The molecule has 114 valence electrons. The molecule has 0 amide bonds. The molecule has 0 aromatic carbocycles. The third-order valence-electron chi connectivity index (χ3n) is 3.58. The summed E-state index contributed by atoms with van der Waals surface area (Å²) in [6.07, 6.45) is 6.00. The highest BCUT2D eigenvalue weighted by atomic mass is 32.2. The first kappa shape index (κ1) is 14.9. The number of fused-ring (bicyclic) bond motifs is 1. The quantitative estimate of drug-likeness (QED) is 0.849. The SMILES string of the molecule is CSC[C@H]1O[C@@H](n2cnc3c(N)ncnc32)[C@H](SC)[C@@H]1O. The third-order valence-corrected chi connectivity index (χ3v) is 5.29. The maximum absolute atomic E-state index is 10.4. The summed E-state index contributed by atoms with van der Waals surface area (Å²) in [5.74, 6) is 1.09. The molecule has 3 N–H and O–H groups in total. The van der Waals surface area contributed by atoms with E-state index in [2.05, 4.69) is 15.0 Å². The van der Waals surface area contributed by atoms with Crippen LogP contribution in [0, 0.1) is 0 Å². The molecule has 0 aliphatic carbocycles. The first-order valence-electron chi connectivity index (χ1n) is 6.45. The normalized spacial score (nSPS) is 29.3. The monoisotopic (exact) mass is 327 g/mol. The number of hydrogen-bond donors (Lipinski definition) is 2. The van der Waals surface area contributed by atoms with Gasteiger partial charge in [-0.2, -0.15) is 23.5 Å². The standard InChI is InChI=1S/C12H17N5O2S2/c1-20-3-6-8(18)9(21-2)12(19-6)17-5-16-7-10(13)14-4-15-11(7)17/h4-6,8-9,12,18H,3H2,1-2H3,(H2,13,14,15)/t6-,8-,9-,12-/m1/s1. The van der Waals surface area contributed by atoms with Gasteiger partial charge in [-0.15, -0.1) is 0 Å². The van der Waals surface area contributed by atoms with Crippen molar-refractivity contribution in [2.45, 2.75) is 23.7 Å². The van der Waals surface area contributed by atoms with E-state index in [1.807, 2.05) is 17.1 Å². The Kier molecular flexibility index (Phi) is 4.25. The molecular weight excluding hydrogens is 310 g/mol. The van der Waals surface area contributed by atoms with Crippen LogP contribution in [0.5, 0.6) is 0 Å². The molecule has 7 nitrogen and oxygen atoms in total. The van der Waals surface area contributed by atoms with Gasteiger partial charge >= 0.3 is 0 Å². The van der Waals surface area contributed by atoms with Gasteiger partial charge in [0.1, 0.15) is 11.8 Å². The Morgan fingerprint density at radius 1 is 1.38 bits per heavy atom. The highest BCUT2D eigenvalue weighted by Gasteiger charge is 2.44. The molecule has 0 unspecified atom stereocenters. The van der Waals surface area contributed by atoms with Gasteiger partial charge in [-0.25, -0.2) is 15.0 Å². The number of aromatic nitrogens is 4. The second kappa shape index (κ2) is 5.99. The minimum Gasteiger partial charge on any atom is -0.389 e. The molecule has 21 heavy (non-hydrogen) atoms. The molecule has 2 aromatic heterocycles. The van der Waals surface area contributed by atoms with Crippen molar-refractivity contribution in [2.24, 2.45) is 0 Å². The smallest absolute Gasteiger partial charge is 0.167 e. The van der Waals surface area contributed by atoms with Crippen LogP contribution in [0.2, 0.25) is 0 Å². The van der Waals surface area contributed by atoms with Crippen molar-refractivity contribution in [1.82, 2.24) is 19.5 Å².